The van der Waals surface area contributed by atoms with Crippen molar-refractivity contribution in [3.63, 3.8) is 0 Å². The van der Waals surface area contributed by atoms with Gasteiger partial charge in [-0.3, -0.25) is 0 Å². The van der Waals surface area contributed by atoms with E-state index in [2.05, 4.69) is 86.7 Å². The van der Waals surface area contributed by atoms with Crippen LogP contribution in [-0.4, -0.2) is 6.61 Å². The summed E-state index contributed by atoms with van der Waals surface area (Å²) in [5.41, 5.74) is 4.04. The van der Waals surface area contributed by atoms with Gasteiger partial charge >= 0.3 is 0 Å². The molecule has 1 aromatic carbocycles. The van der Waals surface area contributed by atoms with Crippen molar-refractivity contribution in [2.24, 2.45) is 5.41 Å². The normalized spacial score (nSPS) is 12.1. The summed E-state index contributed by atoms with van der Waals surface area (Å²) in [7, 11) is 0. The van der Waals surface area contributed by atoms with Gasteiger partial charge in [-0.05, 0) is 99.0 Å². The van der Waals surface area contributed by atoms with Gasteiger partial charge in [0.2, 0.25) is 0 Å². The van der Waals surface area contributed by atoms with Crippen LogP contribution < -0.4 is 4.74 Å². The second-order valence-electron chi connectivity index (χ2n) is 8.23. The van der Waals surface area contributed by atoms with Crippen molar-refractivity contribution in [1.29, 1.82) is 0 Å². The first-order valence-electron chi connectivity index (χ1n) is 10.6. The fourth-order valence-corrected chi connectivity index (χ4v) is 3.50. The van der Waals surface area contributed by atoms with Crippen molar-refractivity contribution < 1.29 is 4.74 Å². The predicted molar refractivity (Wildman–Crippen MR) is 128 cm³/mol. The minimum Gasteiger partial charge on any atom is -0.494 e. The zero-order chi connectivity index (χ0) is 21.0. The molecule has 0 aliphatic rings. The van der Waals surface area contributed by atoms with Gasteiger partial charge in [0, 0.05) is 5.41 Å². The quantitative estimate of drug-likeness (QED) is 0.219. The van der Waals surface area contributed by atoms with E-state index in [4.69, 9.17) is 4.74 Å². The van der Waals surface area contributed by atoms with Crippen LogP contribution in [0.4, 0.5) is 0 Å². The highest BCUT2D eigenvalue weighted by Crippen LogP contribution is 2.25. The number of allylic oxidation sites excluding steroid dienone is 4. The van der Waals surface area contributed by atoms with Gasteiger partial charge in [0.1, 0.15) is 5.75 Å². The number of benzene rings is 1. The molecule has 0 fully saturated rings. The van der Waals surface area contributed by atoms with Gasteiger partial charge in [-0.2, -0.15) is 11.3 Å². The second kappa shape index (κ2) is 12.3. The molecule has 154 valence electrons. The molecule has 0 amide bonds. The SMILES string of the molecule is CCC(=CCCCCOc1cccc(-c2ccsc2)c1)CC=CC#CC(C)(C)C. The Balaban J connectivity index is 1.68. The highest BCUT2D eigenvalue weighted by Gasteiger charge is 2.02. The van der Waals surface area contributed by atoms with E-state index in [1.54, 1.807) is 11.3 Å². The summed E-state index contributed by atoms with van der Waals surface area (Å²) in [6.45, 7) is 9.40. The molecular formula is C27H34OS. The minimum atomic E-state index is 0.0705. The first-order valence-corrected chi connectivity index (χ1v) is 11.5. The summed E-state index contributed by atoms with van der Waals surface area (Å²) in [6.07, 6.45) is 12.0. The molecule has 2 aromatic rings. The second-order valence-corrected chi connectivity index (χ2v) is 9.01. The maximum Gasteiger partial charge on any atom is 0.119 e. The Hall–Kier alpha value is -2.24. The lowest BCUT2D eigenvalue weighted by atomic mass is 9.98. The summed E-state index contributed by atoms with van der Waals surface area (Å²) in [5, 5.41) is 4.28. The zero-order valence-electron chi connectivity index (χ0n) is 18.3. The number of rotatable bonds is 10. The minimum absolute atomic E-state index is 0.0705. The zero-order valence-corrected chi connectivity index (χ0v) is 19.1. The van der Waals surface area contributed by atoms with Crippen LogP contribution in [0, 0.1) is 17.3 Å². The third-order valence-corrected chi connectivity index (χ3v) is 5.15. The molecule has 0 aliphatic carbocycles. The van der Waals surface area contributed by atoms with Gasteiger partial charge in [0.25, 0.3) is 0 Å². The average Bonchev–Trinajstić information content (AvgIpc) is 3.23. The molecule has 0 spiro atoms. The maximum absolute atomic E-state index is 5.95. The van der Waals surface area contributed by atoms with Gasteiger partial charge in [-0.25, -0.2) is 0 Å². The van der Waals surface area contributed by atoms with E-state index < -0.39 is 0 Å². The number of thiophene rings is 1. The lowest BCUT2D eigenvalue weighted by Gasteiger charge is -2.07. The highest BCUT2D eigenvalue weighted by molar-refractivity contribution is 7.08. The number of ether oxygens (including phenoxy) is 1. The Kier molecular flexibility index (Phi) is 9.81. The number of unbranched alkanes of at least 4 members (excludes halogenated alkanes) is 2. The van der Waals surface area contributed by atoms with E-state index in [0.29, 0.717) is 0 Å². The largest absolute Gasteiger partial charge is 0.494 e. The summed E-state index contributed by atoms with van der Waals surface area (Å²) in [4.78, 5) is 0. The van der Waals surface area contributed by atoms with Gasteiger partial charge in [0.05, 0.1) is 6.61 Å². The monoisotopic (exact) mass is 406 g/mol. The van der Waals surface area contributed by atoms with E-state index in [9.17, 15) is 0 Å². The summed E-state index contributed by atoms with van der Waals surface area (Å²) in [6, 6.07) is 10.5. The Morgan fingerprint density at radius 2 is 2.00 bits per heavy atom. The summed E-state index contributed by atoms with van der Waals surface area (Å²) < 4.78 is 5.95. The molecule has 0 atom stereocenters. The maximum atomic E-state index is 5.95. The first-order chi connectivity index (χ1) is 14.0. The summed E-state index contributed by atoms with van der Waals surface area (Å²) in [5.74, 6) is 7.34. The van der Waals surface area contributed by atoms with Crippen molar-refractivity contribution in [2.75, 3.05) is 6.61 Å². The predicted octanol–water partition coefficient (Wildman–Crippen LogP) is 8.30. The Morgan fingerprint density at radius 3 is 2.72 bits per heavy atom. The first kappa shape index (κ1) is 23.0. The fraction of sp³-hybridized carbons (Fsp3) is 0.407. The summed E-state index contributed by atoms with van der Waals surface area (Å²) >= 11 is 1.72. The number of hydrogen-bond acceptors (Lipinski definition) is 2. The van der Waals surface area contributed by atoms with Crippen LogP contribution in [0.1, 0.15) is 59.8 Å². The fourth-order valence-electron chi connectivity index (χ4n) is 2.84. The molecule has 0 unspecified atom stereocenters. The van der Waals surface area contributed by atoms with Crippen LogP contribution in [0.2, 0.25) is 0 Å². The van der Waals surface area contributed by atoms with Gasteiger partial charge < -0.3 is 4.74 Å². The molecule has 1 heterocycles. The molecule has 0 radical (unpaired) electrons. The van der Waals surface area contributed by atoms with Gasteiger partial charge in [-0.15, -0.1) is 0 Å². The molecule has 29 heavy (non-hydrogen) atoms. The van der Waals surface area contributed by atoms with E-state index in [1.807, 2.05) is 12.1 Å². The van der Waals surface area contributed by atoms with Crippen LogP contribution in [0.3, 0.4) is 0 Å². The molecule has 1 aromatic heterocycles. The third-order valence-electron chi connectivity index (χ3n) is 4.47. The van der Waals surface area contributed by atoms with Crippen LogP contribution in [0.25, 0.3) is 11.1 Å². The van der Waals surface area contributed by atoms with Gasteiger partial charge in [-0.1, -0.05) is 48.6 Å². The third kappa shape index (κ3) is 9.68. The van der Waals surface area contributed by atoms with Crippen LogP contribution >= 0.6 is 11.3 Å². The van der Waals surface area contributed by atoms with Crippen molar-refractivity contribution >= 4 is 11.3 Å². The standard InChI is InChI=1S/C27H34OS/c1-5-23(13-8-6-10-18-27(2,3)4)14-9-7-11-19-28-26-16-12-15-24(21-26)25-17-20-29-22-25/h6,8,12,14-17,20-22H,5,7,9,11,13,19H2,1-4H3. The molecule has 0 saturated carbocycles. The molecule has 0 aliphatic heterocycles. The molecule has 2 heteroatoms. The van der Waals surface area contributed by atoms with Crippen LogP contribution in [-0.2, 0) is 0 Å². The van der Waals surface area contributed by atoms with E-state index in [0.717, 1.165) is 44.5 Å². The van der Waals surface area contributed by atoms with Crippen molar-refractivity contribution in [3.8, 4) is 28.7 Å². The highest BCUT2D eigenvalue weighted by atomic mass is 32.1. The molecule has 2 rings (SSSR count). The van der Waals surface area contributed by atoms with Gasteiger partial charge in [0.15, 0.2) is 0 Å². The van der Waals surface area contributed by atoms with Crippen molar-refractivity contribution in [3.05, 3.63) is 64.9 Å². The van der Waals surface area contributed by atoms with Crippen molar-refractivity contribution in [1.82, 2.24) is 0 Å². The average molecular weight is 407 g/mol. The molecular weight excluding hydrogens is 372 g/mol. The van der Waals surface area contributed by atoms with E-state index >= 15 is 0 Å². The molecule has 0 N–H and O–H groups in total. The van der Waals surface area contributed by atoms with Crippen molar-refractivity contribution in [2.45, 2.75) is 59.8 Å². The Bertz CT molecular complexity index is 839. The Labute approximate surface area is 181 Å². The smallest absolute Gasteiger partial charge is 0.119 e. The molecule has 1 nitrogen and oxygen atoms in total. The topological polar surface area (TPSA) is 9.23 Å². The Morgan fingerprint density at radius 1 is 1.14 bits per heavy atom. The number of hydrogen-bond donors (Lipinski definition) is 0. The van der Waals surface area contributed by atoms with Crippen LogP contribution in [0.15, 0.2) is 64.9 Å². The lowest BCUT2D eigenvalue weighted by Crippen LogP contribution is -1.98. The lowest BCUT2D eigenvalue weighted by molar-refractivity contribution is 0.307. The van der Waals surface area contributed by atoms with E-state index in [-0.39, 0.29) is 5.41 Å². The molecule has 0 saturated heterocycles. The molecule has 0 bridgehead atoms. The van der Waals surface area contributed by atoms with E-state index in [1.165, 1.54) is 16.7 Å². The van der Waals surface area contributed by atoms with Crippen LogP contribution in [0.5, 0.6) is 5.75 Å².